The highest BCUT2D eigenvalue weighted by Gasteiger charge is 2.39. The van der Waals surface area contributed by atoms with Gasteiger partial charge in [0.2, 0.25) is 0 Å². The fraction of sp³-hybridized carbons (Fsp3) is 0.417. The van der Waals surface area contributed by atoms with Crippen molar-refractivity contribution >= 4 is 17.1 Å². The number of hydrogen-bond acceptors (Lipinski definition) is 6. The number of nitriles is 1. The van der Waals surface area contributed by atoms with Gasteiger partial charge in [0.1, 0.15) is 6.04 Å². The summed E-state index contributed by atoms with van der Waals surface area (Å²) in [5.41, 5.74) is -4.27. The summed E-state index contributed by atoms with van der Waals surface area (Å²) in [5.74, 6) is 0. The zero-order valence-corrected chi connectivity index (χ0v) is 12.0. The molecule has 0 radical (unpaired) electrons. The molecule has 1 aromatic carbocycles. The third-order valence-electron chi connectivity index (χ3n) is 3.07. The molecule has 0 N–H and O–H groups in total. The van der Waals surface area contributed by atoms with E-state index < -0.39 is 44.7 Å². The number of alkyl halides is 3. The first kappa shape index (κ1) is 18.1. The first-order chi connectivity index (χ1) is 10.5. The number of nitrogens with zero attached hydrogens (tertiary/aromatic N) is 4. The van der Waals surface area contributed by atoms with Crippen molar-refractivity contribution in [2.45, 2.75) is 26.1 Å². The Morgan fingerprint density at radius 1 is 1.26 bits per heavy atom. The van der Waals surface area contributed by atoms with Crippen LogP contribution >= 0.6 is 0 Å². The average molecular weight is 332 g/mol. The van der Waals surface area contributed by atoms with E-state index in [1.165, 1.54) is 13.8 Å². The van der Waals surface area contributed by atoms with Crippen LogP contribution in [0.4, 0.5) is 30.2 Å². The Bertz CT molecular complexity index is 649. The summed E-state index contributed by atoms with van der Waals surface area (Å²) in [4.78, 5) is 21.0. The maximum Gasteiger partial charge on any atom is 0.416 e. The number of halogens is 3. The number of rotatable bonds is 5. The van der Waals surface area contributed by atoms with Crippen LogP contribution in [0, 0.1) is 31.6 Å². The third kappa shape index (κ3) is 3.65. The van der Waals surface area contributed by atoms with Gasteiger partial charge < -0.3 is 4.90 Å². The zero-order valence-electron chi connectivity index (χ0n) is 12.0. The molecule has 1 rings (SSSR count). The van der Waals surface area contributed by atoms with Gasteiger partial charge in [0, 0.05) is 18.7 Å². The lowest BCUT2D eigenvalue weighted by molar-refractivity contribution is -0.393. The molecule has 11 heteroatoms. The van der Waals surface area contributed by atoms with Crippen molar-refractivity contribution in [2.24, 2.45) is 0 Å². The van der Waals surface area contributed by atoms with Crippen molar-refractivity contribution < 1.29 is 23.0 Å². The number of anilines is 1. The van der Waals surface area contributed by atoms with Crippen molar-refractivity contribution in [1.82, 2.24) is 0 Å². The lowest BCUT2D eigenvalue weighted by Gasteiger charge is -2.25. The topological polar surface area (TPSA) is 113 Å². The second kappa shape index (κ2) is 6.47. The molecule has 0 fully saturated rings. The van der Waals surface area contributed by atoms with Gasteiger partial charge >= 0.3 is 6.18 Å². The predicted octanol–water partition coefficient (Wildman–Crippen LogP) is 3.26. The molecule has 0 spiro atoms. The number of nitro groups is 2. The molecule has 0 aliphatic rings. The monoisotopic (exact) mass is 332 g/mol. The summed E-state index contributed by atoms with van der Waals surface area (Å²) >= 11 is 0. The molecule has 0 aliphatic carbocycles. The van der Waals surface area contributed by atoms with Gasteiger partial charge in [-0.05, 0) is 13.8 Å². The minimum Gasteiger partial charge on any atom is -0.345 e. The van der Waals surface area contributed by atoms with Crippen LogP contribution in [0.5, 0.6) is 0 Å². The maximum absolute atomic E-state index is 12.8. The van der Waals surface area contributed by atoms with Crippen molar-refractivity contribution in [1.29, 1.82) is 5.26 Å². The normalized spacial score (nSPS) is 12.3. The lowest BCUT2D eigenvalue weighted by atomic mass is 10.1. The summed E-state index contributed by atoms with van der Waals surface area (Å²) < 4.78 is 38.4. The standard InChI is InChI=1S/C12H11F3N4O4/c1-3-17(7(2)6-16)11-9(18(20)21)4-8(12(13,14)15)5-10(11)19(22)23/h4-5,7H,3H2,1-2H3. The fourth-order valence-corrected chi connectivity index (χ4v) is 2.04. The van der Waals surface area contributed by atoms with E-state index in [9.17, 15) is 33.4 Å². The quantitative estimate of drug-likeness (QED) is 0.604. The van der Waals surface area contributed by atoms with Gasteiger partial charge in [-0.25, -0.2) is 0 Å². The van der Waals surface area contributed by atoms with E-state index >= 15 is 0 Å². The lowest BCUT2D eigenvalue weighted by Crippen LogP contribution is -2.33. The van der Waals surface area contributed by atoms with Gasteiger partial charge in [-0.1, -0.05) is 0 Å². The summed E-state index contributed by atoms with van der Waals surface area (Å²) in [6, 6.07) is 1.21. The Morgan fingerprint density at radius 3 is 1.96 bits per heavy atom. The van der Waals surface area contributed by atoms with E-state index in [0.717, 1.165) is 4.90 Å². The van der Waals surface area contributed by atoms with Crippen molar-refractivity contribution in [3.8, 4) is 6.07 Å². The van der Waals surface area contributed by atoms with Crippen LogP contribution < -0.4 is 4.90 Å². The number of benzene rings is 1. The van der Waals surface area contributed by atoms with Crippen LogP contribution in [0.15, 0.2) is 12.1 Å². The molecule has 23 heavy (non-hydrogen) atoms. The second-order valence-corrected chi connectivity index (χ2v) is 4.47. The molecule has 0 aromatic heterocycles. The Hall–Kier alpha value is -2.90. The van der Waals surface area contributed by atoms with E-state index in [-0.39, 0.29) is 18.7 Å². The zero-order chi connectivity index (χ0) is 17.9. The second-order valence-electron chi connectivity index (χ2n) is 4.47. The van der Waals surface area contributed by atoms with Gasteiger partial charge in [0.15, 0.2) is 5.69 Å². The van der Waals surface area contributed by atoms with E-state index in [4.69, 9.17) is 5.26 Å². The Morgan fingerprint density at radius 2 is 1.70 bits per heavy atom. The molecule has 0 aliphatic heterocycles. The van der Waals surface area contributed by atoms with Crippen LogP contribution in [0.1, 0.15) is 19.4 Å². The Kier molecular flexibility index (Phi) is 5.11. The minimum absolute atomic E-state index is 0.0399. The van der Waals surface area contributed by atoms with Crippen molar-refractivity contribution in [2.75, 3.05) is 11.4 Å². The van der Waals surface area contributed by atoms with Gasteiger partial charge in [-0.3, -0.25) is 20.2 Å². The van der Waals surface area contributed by atoms with Gasteiger partial charge in [-0.2, -0.15) is 18.4 Å². The fourth-order valence-electron chi connectivity index (χ4n) is 2.04. The summed E-state index contributed by atoms with van der Waals surface area (Å²) in [7, 11) is 0. The molecule has 124 valence electrons. The Balaban J connectivity index is 3.83. The molecule has 0 bridgehead atoms. The molecule has 1 atom stereocenters. The van der Waals surface area contributed by atoms with Crippen molar-refractivity contribution in [3.05, 3.63) is 37.9 Å². The Labute approximate surface area is 128 Å². The number of nitro benzene ring substituents is 2. The summed E-state index contributed by atoms with van der Waals surface area (Å²) in [5, 5.41) is 31.2. The van der Waals surface area contributed by atoms with E-state index in [0.29, 0.717) is 0 Å². The van der Waals surface area contributed by atoms with Gasteiger partial charge in [0.25, 0.3) is 11.4 Å². The molecule has 0 saturated heterocycles. The highest BCUT2D eigenvalue weighted by Crippen LogP contribution is 2.43. The smallest absolute Gasteiger partial charge is 0.345 e. The van der Waals surface area contributed by atoms with E-state index in [1.807, 2.05) is 0 Å². The molecule has 0 heterocycles. The highest BCUT2D eigenvalue weighted by atomic mass is 19.4. The first-order valence-electron chi connectivity index (χ1n) is 6.24. The SMILES string of the molecule is CCN(c1c([N+](=O)[O-])cc(C(F)(F)F)cc1[N+](=O)[O-])C(C)C#N. The average Bonchev–Trinajstić information content (AvgIpc) is 2.45. The minimum atomic E-state index is -4.98. The van der Waals surface area contributed by atoms with Crippen LogP contribution in [0.25, 0.3) is 0 Å². The molecule has 0 saturated carbocycles. The van der Waals surface area contributed by atoms with Gasteiger partial charge in [0.05, 0.1) is 21.5 Å². The molecule has 1 aromatic rings. The summed E-state index contributed by atoms with van der Waals surface area (Å²) in [6.07, 6.45) is -4.98. The van der Waals surface area contributed by atoms with Crippen LogP contribution in [0.2, 0.25) is 0 Å². The predicted molar refractivity (Wildman–Crippen MR) is 72.8 cm³/mol. The molecular formula is C12H11F3N4O4. The summed E-state index contributed by atoms with van der Waals surface area (Å²) in [6.45, 7) is 2.76. The highest BCUT2D eigenvalue weighted by molar-refractivity contribution is 5.77. The number of hydrogen-bond donors (Lipinski definition) is 0. The molecule has 0 amide bonds. The van der Waals surface area contributed by atoms with Crippen LogP contribution in [0.3, 0.4) is 0 Å². The van der Waals surface area contributed by atoms with E-state index in [1.54, 1.807) is 6.07 Å². The molecular weight excluding hydrogens is 321 g/mol. The van der Waals surface area contributed by atoms with E-state index in [2.05, 4.69) is 0 Å². The molecule has 8 nitrogen and oxygen atoms in total. The van der Waals surface area contributed by atoms with Crippen LogP contribution in [-0.4, -0.2) is 22.4 Å². The van der Waals surface area contributed by atoms with Crippen LogP contribution in [-0.2, 0) is 6.18 Å². The maximum atomic E-state index is 12.8. The third-order valence-corrected chi connectivity index (χ3v) is 3.07. The van der Waals surface area contributed by atoms with Gasteiger partial charge in [-0.15, -0.1) is 0 Å². The van der Waals surface area contributed by atoms with Crippen molar-refractivity contribution in [3.63, 3.8) is 0 Å². The first-order valence-corrected chi connectivity index (χ1v) is 6.24. The molecule has 1 unspecified atom stereocenters. The largest absolute Gasteiger partial charge is 0.416 e.